The first-order valence-electron chi connectivity index (χ1n) is 4.99. The topological polar surface area (TPSA) is 72.2 Å². The lowest BCUT2D eigenvalue weighted by molar-refractivity contribution is -0.384. The Balaban J connectivity index is 2.80. The van der Waals surface area contributed by atoms with Crippen LogP contribution >= 0.6 is 15.9 Å². The van der Waals surface area contributed by atoms with Crippen molar-refractivity contribution >= 4 is 27.5 Å². The van der Waals surface area contributed by atoms with Crippen LogP contribution in [0.5, 0.6) is 0 Å². The minimum Gasteiger partial charge on any atom is -0.346 e. The molecule has 0 radical (unpaired) electrons. The van der Waals surface area contributed by atoms with Crippen LogP contribution in [0.1, 0.15) is 24.2 Å². The first kappa shape index (κ1) is 13.6. The molecule has 1 aromatic carbocycles. The summed E-state index contributed by atoms with van der Waals surface area (Å²) in [6, 6.07) is 5.52. The second-order valence-corrected chi connectivity index (χ2v) is 4.84. The normalized spacial score (nSPS) is 11.0. The third-order valence-electron chi connectivity index (χ3n) is 2.13. The standard InChI is InChI=1S/C11H13BrN2O3/c1-11(2,7-12)13-10(15)8-3-5-9(6-4-8)14(16)17/h3-6H,7H2,1-2H3,(H,13,15). The van der Waals surface area contributed by atoms with Crippen LogP contribution in [-0.4, -0.2) is 21.7 Å². The van der Waals surface area contributed by atoms with E-state index in [1.165, 1.54) is 24.3 Å². The maximum Gasteiger partial charge on any atom is 0.269 e. The predicted molar refractivity (Wildman–Crippen MR) is 68.4 cm³/mol. The number of nitrogens with zero attached hydrogens (tertiary/aromatic N) is 1. The Morgan fingerprint density at radius 1 is 1.41 bits per heavy atom. The smallest absolute Gasteiger partial charge is 0.269 e. The lowest BCUT2D eigenvalue weighted by Crippen LogP contribution is -2.44. The fourth-order valence-electron chi connectivity index (χ4n) is 1.15. The number of amides is 1. The Morgan fingerprint density at radius 2 is 1.94 bits per heavy atom. The maximum atomic E-state index is 11.8. The molecule has 1 rings (SSSR count). The van der Waals surface area contributed by atoms with Crippen molar-refractivity contribution in [2.24, 2.45) is 0 Å². The Labute approximate surface area is 107 Å². The lowest BCUT2D eigenvalue weighted by Gasteiger charge is -2.23. The molecule has 1 amide bonds. The molecule has 0 aliphatic carbocycles. The third-order valence-corrected chi connectivity index (χ3v) is 3.53. The molecule has 0 aliphatic rings. The van der Waals surface area contributed by atoms with Gasteiger partial charge in [0.2, 0.25) is 0 Å². The molecule has 0 atom stereocenters. The van der Waals surface area contributed by atoms with Crippen LogP contribution in [0.15, 0.2) is 24.3 Å². The molecule has 1 N–H and O–H groups in total. The Kier molecular flexibility index (Phi) is 4.22. The van der Waals surface area contributed by atoms with E-state index < -0.39 is 4.92 Å². The van der Waals surface area contributed by atoms with Gasteiger partial charge in [-0.1, -0.05) is 15.9 Å². The largest absolute Gasteiger partial charge is 0.346 e. The van der Waals surface area contributed by atoms with Crippen LogP contribution < -0.4 is 5.32 Å². The molecule has 1 aromatic rings. The maximum absolute atomic E-state index is 11.8. The van der Waals surface area contributed by atoms with E-state index in [0.29, 0.717) is 10.9 Å². The summed E-state index contributed by atoms with van der Waals surface area (Å²) >= 11 is 3.30. The van der Waals surface area contributed by atoms with Crippen LogP contribution in [0.25, 0.3) is 0 Å². The van der Waals surface area contributed by atoms with E-state index in [1.807, 2.05) is 13.8 Å². The fraction of sp³-hybridized carbons (Fsp3) is 0.364. The first-order chi connectivity index (χ1) is 7.85. The van der Waals surface area contributed by atoms with Gasteiger partial charge in [0.15, 0.2) is 0 Å². The number of alkyl halides is 1. The number of hydrogen-bond acceptors (Lipinski definition) is 3. The van der Waals surface area contributed by atoms with Crippen LogP contribution in [0.2, 0.25) is 0 Å². The van der Waals surface area contributed by atoms with Gasteiger partial charge >= 0.3 is 0 Å². The van der Waals surface area contributed by atoms with Gasteiger partial charge in [-0.15, -0.1) is 0 Å². The summed E-state index contributed by atoms with van der Waals surface area (Å²) in [6.45, 7) is 3.76. The van der Waals surface area contributed by atoms with Gasteiger partial charge in [0.05, 0.1) is 4.92 Å². The highest BCUT2D eigenvalue weighted by molar-refractivity contribution is 9.09. The SMILES string of the molecule is CC(C)(CBr)NC(=O)c1ccc([N+](=O)[O-])cc1. The van der Waals surface area contributed by atoms with Gasteiger partial charge in [-0.05, 0) is 26.0 Å². The number of halogens is 1. The van der Waals surface area contributed by atoms with Gasteiger partial charge in [0.25, 0.3) is 11.6 Å². The fourth-order valence-corrected chi connectivity index (χ4v) is 1.29. The Morgan fingerprint density at radius 3 is 2.35 bits per heavy atom. The molecule has 0 saturated carbocycles. The summed E-state index contributed by atoms with van der Waals surface area (Å²) in [5, 5.41) is 13.9. The average molecular weight is 301 g/mol. The van der Waals surface area contributed by atoms with Crippen LogP contribution in [0.4, 0.5) is 5.69 Å². The molecule has 92 valence electrons. The molecule has 0 unspecified atom stereocenters. The van der Waals surface area contributed by atoms with E-state index in [0.717, 1.165) is 0 Å². The van der Waals surface area contributed by atoms with Crippen LogP contribution in [0, 0.1) is 10.1 Å². The second kappa shape index (κ2) is 5.27. The van der Waals surface area contributed by atoms with Crippen LogP contribution in [-0.2, 0) is 0 Å². The molecule has 0 saturated heterocycles. The lowest BCUT2D eigenvalue weighted by atomic mass is 10.1. The molecule has 0 spiro atoms. The van der Waals surface area contributed by atoms with Gasteiger partial charge in [0.1, 0.15) is 0 Å². The highest BCUT2D eigenvalue weighted by atomic mass is 79.9. The molecule has 0 heterocycles. The number of carbonyl (C=O) groups excluding carboxylic acids is 1. The van der Waals surface area contributed by atoms with E-state index >= 15 is 0 Å². The number of non-ortho nitro benzene ring substituents is 1. The zero-order valence-corrected chi connectivity index (χ0v) is 11.2. The number of nitro groups is 1. The minimum atomic E-state index is -0.496. The zero-order chi connectivity index (χ0) is 13.1. The molecule has 6 heteroatoms. The highest BCUT2D eigenvalue weighted by Crippen LogP contribution is 2.13. The third kappa shape index (κ3) is 3.81. The van der Waals surface area contributed by atoms with E-state index in [-0.39, 0.29) is 17.1 Å². The van der Waals surface area contributed by atoms with E-state index in [4.69, 9.17) is 0 Å². The summed E-state index contributed by atoms with van der Waals surface area (Å²) in [5.74, 6) is -0.246. The number of nitro benzene ring substituents is 1. The van der Waals surface area contributed by atoms with Crippen LogP contribution in [0.3, 0.4) is 0 Å². The van der Waals surface area contributed by atoms with Crippen molar-refractivity contribution in [3.05, 3.63) is 39.9 Å². The summed E-state index contributed by atoms with van der Waals surface area (Å²) < 4.78 is 0. The number of hydrogen-bond donors (Lipinski definition) is 1. The average Bonchev–Trinajstić information content (AvgIpc) is 2.28. The van der Waals surface area contributed by atoms with E-state index in [1.54, 1.807) is 0 Å². The molecule has 0 bridgehead atoms. The zero-order valence-electron chi connectivity index (χ0n) is 9.57. The van der Waals surface area contributed by atoms with Gasteiger partial charge in [-0.3, -0.25) is 14.9 Å². The monoisotopic (exact) mass is 300 g/mol. The van der Waals surface area contributed by atoms with Crippen molar-refractivity contribution in [2.45, 2.75) is 19.4 Å². The molecular weight excluding hydrogens is 288 g/mol. The highest BCUT2D eigenvalue weighted by Gasteiger charge is 2.19. The summed E-state index contributed by atoms with van der Waals surface area (Å²) in [7, 11) is 0. The van der Waals surface area contributed by atoms with Crippen molar-refractivity contribution in [1.29, 1.82) is 0 Å². The van der Waals surface area contributed by atoms with Crippen molar-refractivity contribution in [1.82, 2.24) is 5.32 Å². The molecular formula is C11H13BrN2O3. The van der Waals surface area contributed by atoms with Crippen molar-refractivity contribution in [2.75, 3.05) is 5.33 Å². The predicted octanol–water partition coefficient (Wildman–Crippen LogP) is 2.50. The molecule has 17 heavy (non-hydrogen) atoms. The molecule has 5 nitrogen and oxygen atoms in total. The van der Waals surface area contributed by atoms with Crippen molar-refractivity contribution in [3.63, 3.8) is 0 Å². The van der Waals surface area contributed by atoms with Crippen molar-refractivity contribution < 1.29 is 9.72 Å². The second-order valence-electron chi connectivity index (χ2n) is 4.28. The minimum absolute atomic E-state index is 0.0266. The number of nitrogens with one attached hydrogen (secondary N) is 1. The number of rotatable bonds is 4. The molecule has 0 aromatic heterocycles. The Bertz CT molecular complexity index is 429. The van der Waals surface area contributed by atoms with Gasteiger partial charge in [0, 0.05) is 28.6 Å². The summed E-state index contributed by atoms with van der Waals surface area (Å²) in [5.41, 5.74) is 0.0182. The number of carbonyl (C=O) groups is 1. The summed E-state index contributed by atoms with van der Waals surface area (Å²) in [4.78, 5) is 21.8. The van der Waals surface area contributed by atoms with Gasteiger partial charge in [-0.25, -0.2) is 0 Å². The van der Waals surface area contributed by atoms with Crippen molar-refractivity contribution in [3.8, 4) is 0 Å². The molecule has 0 fully saturated rings. The van der Waals surface area contributed by atoms with E-state index in [9.17, 15) is 14.9 Å². The van der Waals surface area contributed by atoms with Gasteiger partial charge in [-0.2, -0.15) is 0 Å². The Hall–Kier alpha value is -1.43. The first-order valence-corrected chi connectivity index (χ1v) is 6.11. The van der Waals surface area contributed by atoms with E-state index in [2.05, 4.69) is 21.2 Å². The summed E-state index contributed by atoms with van der Waals surface area (Å²) in [6.07, 6.45) is 0. The molecule has 0 aliphatic heterocycles. The number of benzene rings is 1. The van der Waals surface area contributed by atoms with Gasteiger partial charge < -0.3 is 5.32 Å². The quantitative estimate of drug-likeness (QED) is 0.527.